The summed E-state index contributed by atoms with van der Waals surface area (Å²) >= 11 is 0. The molecule has 2 N–H and O–H groups in total. The number of H-pyrrole nitrogens is 1. The van der Waals surface area contributed by atoms with Gasteiger partial charge in [0.25, 0.3) is 0 Å². The quantitative estimate of drug-likeness (QED) is 0.439. The van der Waals surface area contributed by atoms with Crippen LogP contribution in [0.4, 0.5) is 10.1 Å². The number of methoxy groups -OCH3 is 1. The minimum absolute atomic E-state index is 0.326. The van der Waals surface area contributed by atoms with E-state index in [0.717, 1.165) is 46.5 Å². The van der Waals surface area contributed by atoms with Gasteiger partial charge >= 0.3 is 5.97 Å². The predicted molar refractivity (Wildman–Crippen MR) is 127 cm³/mol. The summed E-state index contributed by atoms with van der Waals surface area (Å²) in [7, 11) is 1.57. The van der Waals surface area contributed by atoms with Crippen molar-refractivity contribution in [2.75, 3.05) is 25.1 Å². The van der Waals surface area contributed by atoms with Gasteiger partial charge in [-0.3, -0.25) is 4.68 Å². The second-order valence-electron chi connectivity index (χ2n) is 8.27. The molecule has 0 saturated heterocycles. The highest BCUT2D eigenvalue weighted by atomic mass is 19.1. The molecule has 0 saturated carbocycles. The Morgan fingerprint density at radius 3 is 2.85 bits per heavy atom. The van der Waals surface area contributed by atoms with Gasteiger partial charge in [-0.1, -0.05) is 6.08 Å². The Bertz CT molecular complexity index is 1410. The van der Waals surface area contributed by atoms with E-state index in [2.05, 4.69) is 32.1 Å². The molecule has 0 bridgehead atoms. The van der Waals surface area contributed by atoms with Crippen LogP contribution in [0.2, 0.25) is 0 Å². The van der Waals surface area contributed by atoms with E-state index in [1.165, 1.54) is 16.8 Å². The standard InChI is InChI=1S/C25H24FN5O3/c1-15(25(32)33)31-14-18(13-28-31)30-9-6-16(7-10-30)22-12-21-19(5-8-27-24(21)29-22)20-11-17(26)3-4-23(20)34-2/h3-6,8,11-15H,7,9-10H2,1-2H3,(H,27,29)(H,32,33). The van der Waals surface area contributed by atoms with Crippen LogP contribution in [-0.4, -0.2) is 51.0 Å². The van der Waals surface area contributed by atoms with Crippen molar-refractivity contribution in [3.05, 3.63) is 66.5 Å². The second kappa shape index (κ2) is 8.66. The molecule has 1 unspecified atom stereocenters. The van der Waals surface area contributed by atoms with Crippen molar-refractivity contribution in [1.29, 1.82) is 0 Å². The molecule has 0 aliphatic carbocycles. The van der Waals surface area contributed by atoms with Crippen molar-refractivity contribution < 1.29 is 19.0 Å². The van der Waals surface area contributed by atoms with Crippen LogP contribution < -0.4 is 9.64 Å². The number of carboxylic acids is 1. The first-order valence-electron chi connectivity index (χ1n) is 11.0. The lowest BCUT2D eigenvalue weighted by Crippen LogP contribution is -2.28. The average molecular weight is 461 g/mol. The van der Waals surface area contributed by atoms with Gasteiger partial charge in [-0.15, -0.1) is 0 Å². The van der Waals surface area contributed by atoms with Crippen molar-refractivity contribution in [3.8, 4) is 16.9 Å². The second-order valence-corrected chi connectivity index (χ2v) is 8.27. The molecule has 1 aliphatic rings. The molecule has 1 aromatic carbocycles. The third-order valence-electron chi connectivity index (χ3n) is 6.25. The minimum Gasteiger partial charge on any atom is -0.496 e. The molecule has 174 valence electrons. The van der Waals surface area contributed by atoms with Crippen LogP contribution >= 0.6 is 0 Å². The molecule has 0 fully saturated rings. The Balaban J connectivity index is 1.42. The number of nitrogens with one attached hydrogen (secondary N) is 1. The van der Waals surface area contributed by atoms with Crippen molar-refractivity contribution in [3.63, 3.8) is 0 Å². The molecule has 4 aromatic rings. The summed E-state index contributed by atoms with van der Waals surface area (Å²) in [5.74, 6) is -0.646. The number of carbonyl (C=O) groups is 1. The lowest BCUT2D eigenvalue weighted by atomic mass is 10.0. The molecule has 1 aliphatic heterocycles. The van der Waals surface area contributed by atoms with E-state index in [4.69, 9.17) is 4.74 Å². The topological polar surface area (TPSA) is 96.3 Å². The number of anilines is 1. The number of hydrogen-bond acceptors (Lipinski definition) is 5. The van der Waals surface area contributed by atoms with Crippen LogP contribution in [0, 0.1) is 5.82 Å². The molecular formula is C25H24FN5O3. The maximum atomic E-state index is 14.0. The highest BCUT2D eigenvalue weighted by Crippen LogP contribution is 2.36. The van der Waals surface area contributed by atoms with Crippen molar-refractivity contribution >= 4 is 28.3 Å². The summed E-state index contributed by atoms with van der Waals surface area (Å²) in [5, 5.41) is 14.3. The Kier molecular flexibility index (Phi) is 5.53. The van der Waals surface area contributed by atoms with Gasteiger partial charge in [0.2, 0.25) is 0 Å². The highest BCUT2D eigenvalue weighted by Gasteiger charge is 2.20. The summed E-state index contributed by atoms with van der Waals surface area (Å²) in [6, 6.07) is 7.69. The number of hydrogen-bond donors (Lipinski definition) is 2. The van der Waals surface area contributed by atoms with E-state index in [-0.39, 0.29) is 5.82 Å². The number of carboxylic acid groups (broad SMARTS) is 1. The van der Waals surface area contributed by atoms with Gasteiger partial charge in [-0.05, 0) is 54.8 Å². The third kappa shape index (κ3) is 3.89. The van der Waals surface area contributed by atoms with Gasteiger partial charge in [-0.2, -0.15) is 5.10 Å². The fourth-order valence-corrected chi connectivity index (χ4v) is 4.29. The molecule has 34 heavy (non-hydrogen) atoms. The lowest BCUT2D eigenvalue weighted by molar-refractivity contribution is -0.140. The first-order valence-corrected chi connectivity index (χ1v) is 11.0. The van der Waals surface area contributed by atoms with Crippen LogP contribution in [0.3, 0.4) is 0 Å². The fraction of sp³-hybridized carbons (Fsp3) is 0.240. The molecular weight excluding hydrogens is 437 g/mol. The van der Waals surface area contributed by atoms with E-state index in [9.17, 15) is 14.3 Å². The van der Waals surface area contributed by atoms with E-state index >= 15 is 0 Å². The van der Waals surface area contributed by atoms with Crippen LogP contribution in [0.15, 0.2) is 55.0 Å². The SMILES string of the molecule is COc1ccc(F)cc1-c1ccnc2[nH]c(C3=CCN(c4cnn(C(C)C(=O)O)c4)CC3)cc12. The zero-order valence-corrected chi connectivity index (χ0v) is 18.8. The summed E-state index contributed by atoms with van der Waals surface area (Å²) in [5.41, 5.74) is 5.28. The normalized spacial score (nSPS) is 14.8. The fourth-order valence-electron chi connectivity index (χ4n) is 4.29. The maximum Gasteiger partial charge on any atom is 0.328 e. The molecule has 1 atom stereocenters. The molecule has 8 nitrogen and oxygen atoms in total. The van der Waals surface area contributed by atoms with Crippen LogP contribution in [-0.2, 0) is 4.79 Å². The highest BCUT2D eigenvalue weighted by molar-refractivity contribution is 5.96. The summed E-state index contributed by atoms with van der Waals surface area (Å²) < 4.78 is 20.9. The van der Waals surface area contributed by atoms with Crippen LogP contribution in [0.1, 0.15) is 25.1 Å². The number of ether oxygens (including phenoxy) is 1. The molecule has 5 rings (SSSR count). The summed E-state index contributed by atoms with van der Waals surface area (Å²) in [6.07, 6.45) is 8.11. The van der Waals surface area contributed by atoms with Crippen LogP contribution in [0.25, 0.3) is 27.7 Å². The van der Waals surface area contributed by atoms with E-state index in [1.54, 1.807) is 38.7 Å². The number of aromatic amines is 1. The number of aliphatic carboxylic acids is 1. The largest absolute Gasteiger partial charge is 0.496 e. The van der Waals surface area contributed by atoms with Crippen molar-refractivity contribution in [1.82, 2.24) is 19.7 Å². The van der Waals surface area contributed by atoms with Gasteiger partial charge in [0.15, 0.2) is 0 Å². The molecule has 0 spiro atoms. The Hall–Kier alpha value is -4.14. The van der Waals surface area contributed by atoms with Crippen molar-refractivity contribution in [2.24, 2.45) is 0 Å². The number of rotatable bonds is 6. The van der Waals surface area contributed by atoms with Crippen molar-refractivity contribution in [2.45, 2.75) is 19.4 Å². The minimum atomic E-state index is -0.918. The van der Waals surface area contributed by atoms with E-state index < -0.39 is 12.0 Å². The Morgan fingerprint density at radius 1 is 1.26 bits per heavy atom. The smallest absolute Gasteiger partial charge is 0.328 e. The number of aromatic nitrogens is 4. The maximum absolute atomic E-state index is 14.0. The first kappa shape index (κ1) is 21.7. The Morgan fingerprint density at radius 2 is 2.12 bits per heavy atom. The van der Waals surface area contributed by atoms with Gasteiger partial charge in [0.05, 0.1) is 19.0 Å². The summed E-state index contributed by atoms with van der Waals surface area (Å²) in [6.45, 7) is 3.05. The average Bonchev–Trinajstić information content (AvgIpc) is 3.51. The van der Waals surface area contributed by atoms with E-state index in [0.29, 0.717) is 17.9 Å². The summed E-state index contributed by atoms with van der Waals surface area (Å²) in [4.78, 5) is 21.2. The molecule has 0 amide bonds. The number of nitrogens with zero attached hydrogens (tertiary/aromatic N) is 4. The number of halogens is 1. The molecule has 4 heterocycles. The monoisotopic (exact) mass is 461 g/mol. The van der Waals surface area contributed by atoms with Crippen LogP contribution in [0.5, 0.6) is 5.75 Å². The van der Waals surface area contributed by atoms with Gasteiger partial charge in [-0.25, -0.2) is 14.2 Å². The zero-order chi connectivity index (χ0) is 23.8. The van der Waals surface area contributed by atoms with Gasteiger partial charge in [0.1, 0.15) is 23.3 Å². The molecule has 9 heteroatoms. The van der Waals surface area contributed by atoms with Gasteiger partial charge < -0.3 is 19.7 Å². The number of benzene rings is 1. The lowest BCUT2D eigenvalue weighted by Gasteiger charge is -2.26. The number of pyridine rings is 1. The Labute approximate surface area is 195 Å². The first-order chi connectivity index (χ1) is 16.4. The predicted octanol–water partition coefficient (Wildman–Crippen LogP) is 4.51. The van der Waals surface area contributed by atoms with Gasteiger partial charge in [0, 0.05) is 42.1 Å². The molecule has 3 aromatic heterocycles. The number of fused-ring (bicyclic) bond motifs is 1. The van der Waals surface area contributed by atoms with E-state index in [1.807, 2.05) is 6.07 Å². The molecule has 0 radical (unpaired) electrons. The third-order valence-corrected chi connectivity index (χ3v) is 6.25. The zero-order valence-electron chi connectivity index (χ0n) is 18.8.